The summed E-state index contributed by atoms with van der Waals surface area (Å²) in [4.78, 5) is 44.5. The number of nitrogens with zero attached hydrogens (tertiary/aromatic N) is 2. The number of hydrogen-bond acceptors (Lipinski definition) is 5. The summed E-state index contributed by atoms with van der Waals surface area (Å²) < 4.78 is 0. The van der Waals surface area contributed by atoms with Crippen LogP contribution in [0.2, 0.25) is 10.0 Å². The molecule has 0 aromatic heterocycles. The number of rotatable bonds is 3. The monoisotopic (exact) mass is 402 g/mol. The third-order valence-corrected chi connectivity index (χ3v) is 5.06. The van der Waals surface area contributed by atoms with Crippen molar-refractivity contribution in [1.82, 2.24) is 0 Å². The molecule has 0 spiro atoms. The minimum absolute atomic E-state index is 0.0946. The molecule has 2 aliphatic heterocycles. The number of Topliss-reactive ketones (excluding diaryl/α,β-unsaturated/α-hetero) is 1. The molecule has 0 radical (unpaired) electrons. The van der Waals surface area contributed by atoms with Crippen LogP contribution in [0.5, 0.6) is 0 Å². The van der Waals surface area contributed by atoms with Crippen molar-refractivity contribution in [2.24, 2.45) is 11.1 Å². The molecule has 2 atom stereocenters. The molecule has 2 aromatic rings. The highest BCUT2D eigenvalue weighted by Gasteiger charge is 2.57. The summed E-state index contributed by atoms with van der Waals surface area (Å²) in [7, 11) is 0. The number of anilines is 1. The predicted octanol–water partition coefficient (Wildman–Crippen LogP) is 3.43. The second kappa shape index (κ2) is 6.48. The lowest BCUT2D eigenvalue weighted by Crippen LogP contribution is -2.34. The summed E-state index contributed by atoms with van der Waals surface area (Å²) in [5.41, 5.74) is 1.41. The van der Waals surface area contributed by atoms with Crippen LogP contribution in [0, 0.1) is 12.8 Å². The fourth-order valence-corrected chi connectivity index (χ4v) is 3.48. The molecule has 2 aliphatic rings. The molecule has 0 N–H and O–H groups in total. The highest BCUT2D eigenvalue weighted by molar-refractivity contribution is 6.53. The number of ketones is 1. The average Bonchev–Trinajstić information content (AvgIpc) is 3.18. The summed E-state index contributed by atoms with van der Waals surface area (Å²) in [6, 6.07) is 11.3. The van der Waals surface area contributed by atoms with Crippen molar-refractivity contribution in [3.63, 3.8) is 0 Å². The molecular formula is C19H12Cl2N2O4. The van der Waals surface area contributed by atoms with E-state index in [0.717, 1.165) is 10.5 Å². The summed E-state index contributed by atoms with van der Waals surface area (Å²) in [6.07, 6.45) is -1.18. The molecule has 2 heterocycles. The van der Waals surface area contributed by atoms with E-state index < -0.39 is 29.6 Å². The van der Waals surface area contributed by atoms with Crippen molar-refractivity contribution in [3.8, 4) is 0 Å². The first kappa shape index (κ1) is 17.7. The summed E-state index contributed by atoms with van der Waals surface area (Å²) >= 11 is 12.1. The molecular weight excluding hydrogens is 391 g/mol. The van der Waals surface area contributed by atoms with Gasteiger partial charge in [-0.3, -0.25) is 14.4 Å². The fraction of sp³-hybridized carbons (Fsp3) is 0.158. The van der Waals surface area contributed by atoms with Gasteiger partial charge in [-0.15, -0.1) is 0 Å². The minimum Gasteiger partial charge on any atom is -0.381 e. The van der Waals surface area contributed by atoms with Crippen LogP contribution < -0.4 is 4.90 Å². The normalized spacial score (nSPS) is 21.1. The first-order valence-electron chi connectivity index (χ1n) is 8.06. The molecule has 0 bridgehead atoms. The Kier molecular flexibility index (Phi) is 4.25. The summed E-state index contributed by atoms with van der Waals surface area (Å²) in [6.45, 7) is 1.90. The minimum atomic E-state index is -1.18. The number of fused-ring (bicyclic) bond motifs is 1. The summed E-state index contributed by atoms with van der Waals surface area (Å²) in [5.74, 6) is -2.82. The molecule has 0 aliphatic carbocycles. The van der Waals surface area contributed by atoms with Crippen LogP contribution in [0.15, 0.2) is 47.6 Å². The molecule has 1 saturated heterocycles. The first-order valence-corrected chi connectivity index (χ1v) is 8.82. The van der Waals surface area contributed by atoms with E-state index in [9.17, 15) is 14.4 Å². The van der Waals surface area contributed by atoms with Crippen molar-refractivity contribution in [3.05, 3.63) is 63.6 Å². The van der Waals surface area contributed by atoms with Gasteiger partial charge in [-0.25, -0.2) is 4.90 Å². The number of carbonyl (C=O) groups is 3. The van der Waals surface area contributed by atoms with Gasteiger partial charge in [0.05, 0.1) is 10.7 Å². The maximum atomic E-state index is 13.0. The van der Waals surface area contributed by atoms with Gasteiger partial charge >= 0.3 is 0 Å². The number of imide groups is 1. The van der Waals surface area contributed by atoms with Crippen LogP contribution in [0.4, 0.5) is 5.69 Å². The van der Waals surface area contributed by atoms with Crippen molar-refractivity contribution in [1.29, 1.82) is 0 Å². The Morgan fingerprint density at radius 1 is 1.07 bits per heavy atom. The second-order valence-electron chi connectivity index (χ2n) is 6.28. The molecule has 2 amide bonds. The maximum absolute atomic E-state index is 13.0. The van der Waals surface area contributed by atoms with Gasteiger partial charge in [0.25, 0.3) is 5.91 Å². The molecule has 0 unspecified atom stereocenters. The summed E-state index contributed by atoms with van der Waals surface area (Å²) in [5, 5.41) is 4.23. The van der Waals surface area contributed by atoms with E-state index in [1.54, 1.807) is 30.3 Å². The van der Waals surface area contributed by atoms with Crippen LogP contribution in [-0.2, 0) is 14.4 Å². The van der Waals surface area contributed by atoms with E-state index in [1.807, 2.05) is 6.92 Å². The zero-order valence-electron chi connectivity index (χ0n) is 14.0. The average molecular weight is 403 g/mol. The van der Waals surface area contributed by atoms with E-state index in [-0.39, 0.29) is 16.4 Å². The maximum Gasteiger partial charge on any atom is 0.279 e. The molecule has 4 rings (SSSR count). The number of amides is 2. The number of halogens is 2. The lowest BCUT2D eigenvalue weighted by atomic mass is 9.93. The quantitative estimate of drug-likeness (QED) is 0.581. The Morgan fingerprint density at radius 2 is 1.78 bits per heavy atom. The molecule has 1 fully saturated rings. The van der Waals surface area contributed by atoms with Crippen LogP contribution >= 0.6 is 23.2 Å². The van der Waals surface area contributed by atoms with Gasteiger partial charge in [-0.1, -0.05) is 58.2 Å². The van der Waals surface area contributed by atoms with Crippen LogP contribution in [0.3, 0.4) is 0 Å². The Morgan fingerprint density at radius 3 is 2.48 bits per heavy atom. The number of carbonyl (C=O) groups excluding carboxylic acids is 3. The van der Waals surface area contributed by atoms with Crippen LogP contribution in [0.1, 0.15) is 15.9 Å². The molecule has 0 saturated carbocycles. The van der Waals surface area contributed by atoms with Gasteiger partial charge in [0.2, 0.25) is 17.8 Å². The van der Waals surface area contributed by atoms with Crippen molar-refractivity contribution < 1.29 is 19.2 Å². The third kappa shape index (κ3) is 2.81. The standard InChI is InChI=1S/C19H12Cl2N2O4/c1-9-2-4-10(5-3-9)16(24)15-14-17(27-22-15)19(26)23(18(14)25)13-8-11(20)6-7-12(13)21/h2-8,14,17H,1H3/t14-,17-/m0/s1. The highest BCUT2D eigenvalue weighted by Crippen LogP contribution is 2.38. The predicted molar refractivity (Wildman–Crippen MR) is 100 cm³/mol. The van der Waals surface area contributed by atoms with Crippen LogP contribution in [-0.4, -0.2) is 29.4 Å². The molecule has 27 heavy (non-hydrogen) atoms. The Labute approximate surface area is 164 Å². The molecule has 6 nitrogen and oxygen atoms in total. The van der Waals surface area contributed by atoms with Gasteiger partial charge in [0.15, 0.2) is 0 Å². The van der Waals surface area contributed by atoms with Crippen LogP contribution in [0.25, 0.3) is 0 Å². The molecule has 2 aromatic carbocycles. The smallest absolute Gasteiger partial charge is 0.279 e. The van der Waals surface area contributed by atoms with Gasteiger partial charge in [-0.05, 0) is 25.1 Å². The largest absolute Gasteiger partial charge is 0.381 e. The fourth-order valence-electron chi connectivity index (χ4n) is 3.11. The van der Waals surface area contributed by atoms with E-state index in [0.29, 0.717) is 10.6 Å². The zero-order valence-corrected chi connectivity index (χ0v) is 15.5. The van der Waals surface area contributed by atoms with Gasteiger partial charge in [-0.2, -0.15) is 0 Å². The van der Waals surface area contributed by atoms with Gasteiger partial charge < -0.3 is 4.84 Å². The number of oxime groups is 1. The van der Waals surface area contributed by atoms with E-state index >= 15 is 0 Å². The zero-order chi connectivity index (χ0) is 19.3. The van der Waals surface area contributed by atoms with Crippen molar-refractivity contribution in [2.45, 2.75) is 13.0 Å². The van der Waals surface area contributed by atoms with E-state index in [4.69, 9.17) is 28.0 Å². The Balaban J connectivity index is 1.69. The van der Waals surface area contributed by atoms with Gasteiger partial charge in [0.1, 0.15) is 11.6 Å². The highest BCUT2D eigenvalue weighted by atomic mass is 35.5. The second-order valence-corrected chi connectivity index (χ2v) is 7.13. The number of benzene rings is 2. The number of aryl methyl sites for hydroxylation is 1. The molecule has 136 valence electrons. The van der Waals surface area contributed by atoms with Crippen molar-refractivity contribution in [2.75, 3.05) is 4.90 Å². The lowest BCUT2D eigenvalue weighted by molar-refractivity contribution is -0.126. The van der Waals surface area contributed by atoms with E-state index in [1.165, 1.54) is 12.1 Å². The topological polar surface area (TPSA) is 76.0 Å². The first-order chi connectivity index (χ1) is 12.9. The SMILES string of the molecule is Cc1ccc(C(=O)C2=NO[C@@H]3C(=O)N(c4cc(Cl)ccc4Cl)C(=O)[C@@H]23)cc1. The lowest BCUT2D eigenvalue weighted by Gasteiger charge is -2.17. The number of hydrogen-bond donors (Lipinski definition) is 0. The van der Waals surface area contributed by atoms with Gasteiger partial charge in [0, 0.05) is 10.6 Å². The molecule has 8 heteroatoms. The van der Waals surface area contributed by atoms with Crippen molar-refractivity contribution >= 4 is 52.2 Å². The Bertz CT molecular complexity index is 1020. The van der Waals surface area contributed by atoms with E-state index in [2.05, 4.69) is 5.16 Å². The third-order valence-electron chi connectivity index (χ3n) is 4.51. The Hall–Kier alpha value is -2.70.